The lowest BCUT2D eigenvalue weighted by atomic mass is 9.22. The molecule has 4 aliphatic carbocycles. The zero-order valence-corrected chi connectivity index (χ0v) is 10.6. The lowest BCUT2D eigenvalue weighted by Gasteiger charge is -2.77. The van der Waals surface area contributed by atoms with Gasteiger partial charge in [0.05, 0.1) is 24.7 Å². The molecule has 8 unspecified atom stereocenters. The van der Waals surface area contributed by atoms with E-state index in [0.717, 1.165) is 0 Å². The number of methoxy groups -OCH3 is 1. The summed E-state index contributed by atoms with van der Waals surface area (Å²) in [7, 11) is 1.53. The van der Waals surface area contributed by atoms with Gasteiger partial charge in [-0.25, -0.2) is 0 Å². The van der Waals surface area contributed by atoms with Crippen molar-refractivity contribution >= 4 is 5.97 Å². The van der Waals surface area contributed by atoms with Gasteiger partial charge in [0.15, 0.2) is 0 Å². The number of fused-ring (bicyclic) bond motifs is 5. The van der Waals surface area contributed by atoms with Crippen molar-refractivity contribution in [2.24, 2.45) is 23.2 Å². The summed E-state index contributed by atoms with van der Waals surface area (Å²) in [5, 5.41) is 0. The summed E-state index contributed by atoms with van der Waals surface area (Å²) in [4.78, 5) is 12.5. The van der Waals surface area contributed by atoms with Crippen molar-refractivity contribution in [3.8, 4) is 0 Å². The Hall–Kier alpha value is -1.35. The Morgan fingerprint density at radius 1 is 1.21 bits per heavy atom. The Morgan fingerprint density at radius 3 is 2.79 bits per heavy atom. The Labute approximate surface area is 110 Å². The summed E-state index contributed by atoms with van der Waals surface area (Å²) in [5.41, 5.74) is 2.57. The summed E-state index contributed by atoms with van der Waals surface area (Å²) < 4.78 is 11.4. The fraction of sp³-hybridized carbons (Fsp3) is 0.562. The number of carbonyl (C=O) groups is 1. The van der Waals surface area contributed by atoms with Gasteiger partial charge in [-0.3, -0.25) is 4.79 Å². The SMILES string of the molecule is COC(=O)C12C3c4ccccc4C4C5OC3C1C5C42. The molecule has 1 aromatic carbocycles. The van der Waals surface area contributed by atoms with Gasteiger partial charge in [0.25, 0.3) is 0 Å². The van der Waals surface area contributed by atoms with Crippen LogP contribution in [0.15, 0.2) is 24.3 Å². The maximum absolute atomic E-state index is 12.5. The molecule has 0 radical (unpaired) electrons. The normalized spacial score (nSPS) is 56.4. The van der Waals surface area contributed by atoms with Crippen LogP contribution in [0.1, 0.15) is 23.0 Å². The molecule has 3 nitrogen and oxygen atoms in total. The highest BCUT2D eigenvalue weighted by atomic mass is 16.5. The van der Waals surface area contributed by atoms with Gasteiger partial charge >= 0.3 is 5.97 Å². The predicted molar refractivity (Wildman–Crippen MR) is 65.5 cm³/mol. The molecule has 4 fully saturated rings. The third kappa shape index (κ3) is 0.624. The molecule has 0 amide bonds. The van der Waals surface area contributed by atoms with E-state index >= 15 is 0 Å². The van der Waals surface area contributed by atoms with Gasteiger partial charge in [0.1, 0.15) is 0 Å². The van der Waals surface area contributed by atoms with Gasteiger partial charge in [-0.2, -0.15) is 0 Å². The van der Waals surface area contributed by atoms with Crippen LogP contribution in [0.2, 0.25) is 0 Å². The molecule has 3 heteroatoms. The zero-order chi connectivity index (χ0) is 12.5. The number of benzene rings is 1. The maximum Gasteiger partial charge on any atom is 0.313 e. The van der Waals surface area contributed by atoms with Crippen LogP contribution in [-0.2, 0) is 14.3 Å². The smallest absolute Gasteiger partial charge is 0.313 e. The minimum atomic E-state index is -0.226. The van der Waals surface area contributed by atoms with E-state index in [2.05, 4.69) is 24.3 Å². The van der Waals surface area contributed by atoms with E-state index in [-0.39, 0.29) is 23.4 Å². The second-order valence-electron chi connectivity index (χ2n) is 6.75. The highest BCUT2D eigenvalue weighted by Gasteiger charge is 2.93. The van der Waals surface area contributed by atoms with Crippen molar-refractivity contribution in [3.63, 3.8) is 0 Å². The summed E-state index contributed by atoms with van der Waals surface area (Å²) >= 11 is 0. The van der Waals surface area contributed by atoms with Crippen LogP contribution in [0, 0.1) is 23.2 Å². The van der Waals surface area contributed by atoms with Crippen molar-refractivity contribution in [1.82, 2.24) is 0 Å². The highest BCUT2D eigenvalue weighted by molar-refractivity contribution is 5.86. The summed E-state index contributed by atoms with van der Waals surface area (Å²) in [6.45, 7) is 0. The van der Waals surface area contributed by atoms with E-state index in [4.69, 9.17) is 9.47 Å². The highest BCUT2D eigenvalue weighted by Crippen LogP contribution is 2.90. The van der Waals surface area contributed by atoms with E-state index in [1.807, 2.05) is 0 Å². The monoisotopic (exact) mass is 254 g/mol. The summed E-state index contributed by atoms with van der Waals surface area (Å²) in [5.74, 6) is 2.30. The topological polar surface area (TPSA) is 35.5 Å². The van der Waals surface area contributed by atoms with Crippen LogP contribution >= 0.6 is 0 Å². The molecule has 19 heavy (non-hydrogen) atoms. The Bertz CT molecular complexity index is 653. The number of rotatable bonds is 1. The summed E-state index contributed by atoms with van der Waals surface area (Å²) in [6.07, 6.45) is 0.658. The van der Waals surface area contributed by atoms with Crippen LogP contribution in [0.5, 0.6) is 0 Å². The molecule has 0 aromatic heterocycles. The van der Waals surface area contributed by atoms with E-state index in [0.29, 0.717) is 29.8 Å². The van der Waals surface area contributed by atoms with E-state index in [9.17, 15) is 4.79 Å². The van der Waals surface area contributed by atoms with Crippen molar-refractivity contribution < 1.29 is 14.3 Å². The molecule has 1 heterocycles. The molecule has 5 aliphatic rings. The maximum atomic E-state index is 12.5. The molecular formula is C16H14O3. The number of hydrogen-bond acceptors (Lipinski definition) is 3. The van der Waals surface area contributed by atoms with Crippen molar-refractivity contribution in [3.05, 3.63) is 35.4 Å². The molecule has 1 aliphatic heterocycles. The average Bonchev–Trinajstić information content (AvgIpc) is 2.61. The van der Waals surface area contributed by atoms with Crippen LogP contribution in [-0.4, -0.2) is 25.3 Å². The zero-order valence-electron chi connectivity index (χ0n) is 10.6. The lowest BCUT2D eigenvalue weighted by molar-refractivity contribution is -0.267. The van der Waals surface area contributed by atoms with Crippen molar-refractivity contribution in [2.75, 3.05) is 7.11 Å². The Balaban J connectivity index is 1.66. The molecule has 0 N–H and O–H groups in total. The molecule has 0 bridgehead atoms. The largest absolute Gasteiger partial charge is 0.469 e. The molecule has 1 saturated heterocycles. The van der Waals surface area contributed by atoms with E-state index in [1.54, 1.807) is 0 Å². The first kappa shape index (κ1) is 9.54. The number of carbonyl (C=O) groups excluding carboxylic acids is 1. The number of ether oxygens (including phenoxy) is 2. The molecular weight excluding hydrogens is 240 g/mol. The molecule has 1 aromatic rings. The first-order valence-electron chi connectivity index (χ1n) is 7.14. The quantitative estimate of drug-likeness (QED) is 0.715. The average molecular weight is 254 g/mol. The Morgan fingerprint density at radius 2 is 2.00 bits per heavy atom. The van der Waals surface area contributed by atoms with Crippen LogP contribution < -0.4 is 0 Å². The molecule has 8 atom stereocenters. The third-order valence-electron chi connectivity index (χ3n) is 6.79. The molecule has 6 rings (SSSR count). The second-order valence-corrected chi connectivity index (χ2v) is 6.75. The van der Waals surface area contributed by atoms with Gasteiger partial charge in [0, 0.05) is 17.8 Å². The minimum absolute atomic E-state index is 0.0171. The van der Waals surface area contributed by atoms with Gasteiger partial charge in [-0.15, -0.1) is 0 Å². The van der Waals surface area contributed by atoms with Gasteiger partial charge in [-0.05, 0) is 23.0 Å². The van der Waals surface area contributed by atoms with Gasteiger partial charge in [-0.1, -0.05) is 24.3 Å². The Kier molecular flexibility index (Phi) is 1.24. The van der Waals surface area contributed by atoms with Gasteiger partial charge < -0.3 is 9.47 Å². The van der Waals surface area contributed by atoms with Gasteiger partial charge in [0.2, 0.25) is 0 Å². The van der Waals surface area contributed by atoms with Crippen molar-refractivity contribution in [1.29, 1.82) is 0 Å². The molecule has 0 spiro atoms. The minimum Gasteiger partial charge on any atom is -0.469 e. The van der Waals surface area contributed by atoms with E-state index in [1.165, 1.54) is 18.2 Å². The summed E-state index contributed by atoms with van der Waals surface area (Å²) in [6, 6.07) is 8.64. The fourth-order valence-corrected chi connectivity index (χ4v) is 6.47. The first-order chi connectivity index (χ1) is 9.31. The lowest BCUT2D eigenvalue weighted by Crippen LogP contribution is -2.82. The number of esters is 1. The number of hydrogen-bond donors (Lipinski definition) is 0. The van der Waals surface area contributed by atoms with Crippen LogP contribution in [0.3, 0.4) is 0 Å². The van der Waals surface area contributed by atoms with Crippen molar-refractivity contribution in [2.45, 2.75) is 24.0 Å². The second kappa shape index (κ2) is 2.47. The standard InChI is InChI=1S/C16H14O3/c1-18-15(17)16-10-7-5-3-2-4-6(7)8-11(16)9-12(16)14(10)19-13(8)9/h2-5,8-14H,1H3. The molecule has 96 valence electrons. The third-order valence-corrected chi connectivity index (χ3v) is 6.79. The van der Waals surface area contributed by atoms with Crippen LogP contribution in [0.4, 0.5) is 0 Å². The predicted octanol–water partition coefficient (Wildman–Crippen LogP) is 1.68. The fourth-order valence-electron chi connectivity index (χ4n) is 6.47. The van der Waals surface area contributed by atoms with Crippen LogP contribution in [0.25, 0.3) is 0 Å². The molecule has 3 saturated carbocycles. The van der Waals surface area contributed by atoms with E-state index < -0.39 is 0 Å². The first-order valence-corrected chi connectivity index (χ1v) is 7.14.